The quantitative estimate of drug-likeness (QED) is 0.927. The van der Waals surface area contributed by atoms with E-state index >= 15 is 0 Å². The van der Waals surface area contributed by atoms with Crippen LogP contribution in [0.15, 0.2) is 28.7 Å². The first-order valence-electron chi connectivity index (χ1n) is 5.66. The predicted molar refractivity (Wildman–Crippen MR) is 67.8 cm³/mol. The average molecular weight is 285 g/mol. The lowest BCUT2D eigenvalue weighted by atomic mass is 10.1. The smallest absolute Gasteiger partial charge is 0.0724 e. The summed E-state index contributed by atoms with van der Waals surface area (Å²) in [6.45, 7) is 2.36. The minimum absolute atomic E-state index is 0.165. The third-order valence-electron chi connectivity index (χ3n) is 2.83. The second kappa shape index (κ2) is 5.77. The van der Waals surface area contributed by atoms with Crippen molar-refractivity contribution in [2.45, 2.75) is 18.9 Å². The van der Waals surface area contributed by atoms with Crippen molar-refractivity contribution >= 4 is 15.9 Å². The van der Waals surface area contributed by atoms with E-state index in [1.165, 1.54) is 12.0 Å². The average Bonchev–Trinajstić information content (AvgIpc) is 2.31. The summed E-state index contributed by atoms with van der Waals surface area (Å²) in [5, 5.41) is 2.02. The van der Waals surface area contributed by atoms with Gasteiger partial charge in [0.2, 0.25) is 0 Å². The molecule has 1 aromatic carbocycles. The van der Waals surface area contributed by atoms with Crippen LogP contribution in [-0.2, 0) is 4.84 Å². The zero-order valence-electron chi connectivity index (χ0n) is 9.23. The van der Waals surface area contributed by atoms with Crippen LogP contribution in [0.5, 0.6) is 0 Å². The summed E-state index contributed by atoms with van der Waals surface area (Å²) in [5.41, 5.74) is 7.06. The number of hydrogen-bond donors (Lipinski definition) is 1. The van der Waals surface area contributed by atoms with E-state index in [1.807, 2.05) is 17.2 Å². The highest BCUT2D eigenvalue weighted by atomic mass is 79.9. The van der Waals surface area contributed by atoms with Crippen LogP contribution in [0.3, 0.4) is 0 Å². The van der Waals surface area contributed by atoms with Gasteiger partial charge in [0.1, 0.15) is 0 Å². The highest BCUT2D eigenvalue weighted by molar-refractivity contribution is 9.10. The second-order valence-electron chi connectivity index (χ2n) is 3.99. The first-order chi connectivity index (χ1) is 7.81. The Labute approximate surface area is 105 Å². The molecule has 1 unspecified atom stereocenters. The van der Waals surface area contributed by atoms with E-state index in [-0.39, 0.29) is 6.04 Å². The number of hydroxylamine groups is 2. The maximum atomic E-state index is 5.85. The monoisotopic (exact) mass is 284 g/mol. The van der Waals surface area contributed by atoms with Gasteiger partial charge in [-0.15, -0.1) is 0 Å². The topological polar surface area (TPSA) is 38.5 Å². The molecule has 0 saturated carbocycles. The first-order valence-corrected chi connectivity index (χ1v) is 6.45. The third kappa shape index (κ3) is 2.83. The van der Waals surface area contributed by atoms with Crippen molar-refractivity contribution in [3.8, 4) is 0 Å². The van der Waals surface area contributed by atoms with Gasteiger partial charge in [0, 0.05) is 17.6 Å². The molecule has 0 aliphatic carbocycles. The lowest BCUT2D eigenvalue weighted by Gasteiger charge is -2.33. The van der Waals surface area contributed by atoms with Gasteiger partial charge in [-0.2, -0.15) is 5.06 Å². The highest BCUT2D eigenvalue weighted by Crippen LogP contribution is 2.25. The molecule has 1 heterocycles. The minimum Gasteiger partial charge on any atom is -0.329 e. The maximum absolute atomic E-state index is 5.85. The van der Waals surface area contributed by atoms with Gasteiger partial charge < -0.3 is 5.73 Å². The van der Waals surface area contributed by atoms with E-state index in [2.05, 4.69) is 28.1 Å². The van der Waals surface area contributed by atoms with E-state index in [0.29, 0.717) is 6.54 Å². The molecule has 1 aliphatic rings. The zero-order chi connectivity index (χ0) is 11.4. The van der Waals surface area contributed by atoms with Crippen LogP contribution in [0.2, 0.25) is 0 Å². The molecule has 1 atom stereocenters. The molecule has 2 N–H and O–H groups in total. The Morgan fingerprint density at radius 3 is 2.94 bits per heavy atom. The molecule has 0 amide bonds. The SMILES string of the molecule is NCC(c1cccc(Br)c1)N1CCCCO1. The summed E-state index contributed by atoms with van der Waals surface area (Å²) in [6, 6.07) is 8.42. The van der Waals surface area contributed by atoms with Crippen molar-refractivity contribution < 1.29 is 4.84 Å². The molecule has 0 aromatic heterocycles. The molecule has 4 heteroatoms. The molecule has 1 aliphatic heterocycles. The predicted octanol–water partition coefficient (Wildman–Crippen LogP) is 2.48. The van der Waals surface area contributed by atoms with E-state index in [1.54, 1.807) is 0 Å². The van der Waals surface area contributed by atoms with Crippen molar-refractivity contribution in [1.82, 2.24) is 5.06 Å². The number of rotatable bonds is 3. The molecule has 0 bridgehead atoms. The fraction of sp³-hybridized carbons (Fsp3) is 0.500. The van der Waals surface area contributed by atoms with Crippen LogP contribution >= 0.6 is 15.9 Å². The van der Waals surface area contributed by atoms with Gasteiger partial charge in [0.05, 0.1) is 12.6 Å². The van der Waals surface area contributed by atoms with E-state index in [4.69, 9.17) is 10.6 Å². The van der Waals surface area contributed by atoms with Gasteiger partial charge in [-0.25, -0.2) is 0 Å². The van der Waals surface area contributed by atoms with Crippen molar-refractivity contribution in [3.05, 3.63) is 34.3 Å². The van der Waals surface area contributed by atoms with E-state index in [9.17, 15) is 0 Å². The standard InChI is InChI=1S/C12H17BrN2O/c13-11-5-3-4-10(8-11)12(9-14)15-6-1-2-7-16-15/h3-5,8,12H,1-2,6-7,9,14H2. The largest absolute Gasteiger partial charge is 0.329 e. The molecular weight excluding hydrogens is 268 g/mol. The summed E-state index contributed by atoms with van der Waals surface area (Å²) in [5.74, 6) is 0. The molecule has 0 spiro atoms. The van der Waals surface area contributed by atoms with Crippen molar-refractivity contribution in [2.24, 2.45) is 5.73 Å². The Morgan fingerprint density at radius 2 is 2.31 bits per heavy atom. The number of hydrogen-bond acceptors (Lipinski definition) is 3. The summed E-state index contributed by atoms with van der Waals surface area (Å²) < 4.78 is 1.08. The van der Waals surface area contributed by atoms with E-state index in [0.717, 1.165) is 24.0 Å². The van der Waals surface area contributed by atoms with Crippen molar-refractivity contribution in [2.75, 3.05) is 19.7 Å². The Balaban J connectivity index is 2.14. The second-order valence-corrected chi connectivity index (χ2v) is 4.90. The van der Waals surface area contributed by atoms with Gasteiger partial charge in [0.15, 0.2) is 0 Å². The maximum Gasteiger partial charge on any atom is 0.0724 e. The fourth-order valence-electron chi connectivity index (χ4n) is 2.00. The Bertz CT molecular complexity index is 340. The summed E-state index contributed by atoms with van der Waals surface area (Å²) in [4.78, 5) is 5.66. The molecule has 16 heavy (non-hydrogen) atoms. The first kappa shape index (κ1) is 12.0. The summed E-state index contributed by atoms with van der Waals surface area (Å²) in [6.07, 6.45) is 2.33. The van der Waals surface area contributed by atoms with Gasteiger partial charge in [-0.05, 0) is 30.5 Å². The molecule has 3 nitrogen and oxygen atoms in total. The molecule has 2 rings (SSSR count). The number of nitrogens with two attached hydrogens (primary N) is 1. The third-order valence-corrected chi connectivity index (χ3v) is 3.33. The van der Waals surface area contributed by atoms with Crippen LogP contribution < -0.4 is 5.73 Å². The van der Waals surface area contributed by atoms with Gasteiger partial charge in [-0.3, -0.25) is 4.84 Å². The Morgan fingerprint density at radius 1 is 1.44 bits per heavy atom. The Hall–Kier alpha value is -0.420. The molecule has 1 saturated heterocycles. The number of nitrogens with zero attached hydrogens (tertiary/aromatic N) is 1. The molecule has 88 valence electrons. The summed E-state index contributed by atoms with van der Waals surface area (Å²) in [7, 11) is 0. The minimum atomic E-state index is 0.165. The lowest BCUT2D eigenvalue weighted by molar-refractivity contribution is -0.206. The summed E-state index contributed by atoms with van der Waals surface area (Å²) >= 11 is 3.48. The molecular formula is C12H17BrN2O. The molecule has 1 fully saturated rings. The van der Waals surface area contributed by atoms with Gasteiger partial charge in [-0.1, -0.05) is 28.1 Å². The van der Waals surface area contributed by atoms with Crippen LogP contribution in [0.4, 0.5) is 0 Å². The molecule has 1 aromatic rings. The van der Waals surface area contributed by atoms with E-state index < -0.39 is 0 Å². The normalized spacial score (nSPS) is 19.6. The number of benzene rings is 1. The highest BCUT2D eigenvalue weighted by Gasteiger charge is 2.22. The fourth-order valence-corrected chi connectivity index (χ4v) is 2.41. The van der Waals surface area contributed by atoms with Crippen LogP contribution in [0.1, 0.15) is 24.4 Å². The van der Waals surface area contributed by atoms with Crippen LogP contribution in [-0.4, -0.2) is 24.8 Å². The Kier molecular flexibility index (Phi) is 4.35. The number of halogens is 1. The van der Waals surface area contributed by atoms with Crippen molar-refractivity contribution in [3.63, 3.8) is 0 Å². The van der Waals surface area contributed by atoms with Gasteiger partial charge in [0.25, 0.3) is 0 Å². The lowest BCUT2D eigenvalue weighted by Crippen LogP contribution is -2.37. The molecule has 0 radical (unpaired) electrons. The van der Waals surface area contributed by atoms with Crippen molar-refractivity contribution in [1.29, 1.82) is 0 Å². The van der Waals surface area contributed by atoms with Crippen LogP contribution in [0.25, 0.3) is 0 Å². The van der Waals surface area contributed by atoms with Crippen LogP contribution in [0, 0.1) is 0 Å². The zero-order valence-corrected chi connectivity index (χ0v) is 10.8. The van der Waals surface area contributed by atoms with Gasteiger partial charge >= 0.3 is 0 Å².